The lowest BCUT2D eigenvalue weighted by Crippen LogP contribution is -2.44. The second-order valence-corrected chi connectivity index (χ2v) is 5.67. The van der Waals surface area contributed by atoms with E-state index in [1.54, 1.807) is 0 Å². The highest BCUT2D eigenvalue weighted by Crippen LogP contribution is 2.16. The Morgan fingerprint density at radius 1 is 1.33 bits per heavy atom. The van der Waals surface area contributed by atoms with Gasteiger partial charge in [-0.2, -0.15) is 0 Å². The maximum atomic E-state index is 11.9. The minimum atomic E-state index is -0.764. The summed E-state index contributed by atoms with van der Waals surface area (Å²) in [6.45, 7) is 4.07. The van der Waals surface area contributed by atoms with E-state index in [2.05, 4.69) is 5.32 Å². The van der Waals surface area contributed by atoms with Crippen molar-refractivity contribution in [2.75, 3.05) is 19.6 Å². The van der Waals surface area contributed by atoms with Gasteiger partial charge in [0.25, 0.3) is 0 Å². The number of carboxylic acids is 1. The van der Waals surface area contributed by atoms with Crippen LogP contribution in [0.1, 0.15) is 24.0 Å². The zero-order valence-corrected chi connectivity index (χ0v) is 12.3. The van der Waals surface area contributed by atoms with Crippen molar-refractivity contribution in [3.05, 3.63) is 35.4 Å². The number of carbonyl (C=O) groups excluding carboxylic acids is 1. The molecular formula is C16H22N2O3. The molecule has 21 heavy (non-hydrogen) atoms. The first-order chi connectivity index (χ1) is 10.0. The van der Waals surface area contributed by atoms with Gasteiger partial charge in [-0.05, 0) is 31.9 Å². The molecular weight excluding hydrogens is 268 g/mol. The summed E-state index contributed by atoms with van der Waals surface area (Å²) in [6.07, 6.45) is 1.54. The number of hydrogen-bond donors (Lipinski definition) is 2. The number of carboxylic acid groups (broad SMARTS) is 1. The molecule has 0 spiro atoms. The molecule has 1 aliphatic heterocycles. The van der Waals surface area contributed by atoms with Crippen LogP contribution in [0.2, 0.25) is 0 Å². The Morgan fingerprint density at radius 3 is 2.71 bits per heavy atom. The number of nitrogens with zero attached hydrogens (tertiary/aromatic N) is 1. The van der Waals surface area contributed by atoms with Crippen molar-refractivity contribution in [1.29, 1.82) is 0 Å². The van der Waals surface area contributed by atoms with Crippen LogP contribution in [0, 0.1) is 12.8 Å². The number of piperidine rings is 1. The van der Waals surface area contributed by atoms with Gasteiger partial charge < -0.3 is 10.4 Å². The fraction of sp³-hybridized carbons (Fsp3) is 0.500. The molecule has 1 aromatic carbocycles. The lowest BCUT2D eigenvalue weighted by Gasteiger charge is -2.29. The Labute approximate surface area is 125 Å². The van der Waals surface area contributed by atoms with Crippen molar-refractivity contribution in [1.82, 2.24) is 10.2 Å². The molecule has 1 aromatic rings. The number of carbonyl (C=O) groups is 2. The monoisotopic (exact) mass is 290 g/mol. The van der Waals surface area contributed by atoms with Gasteiger partial charge in [0.15, 0.2) is 0 Å². The molecule has 1 heterocycles. The van der Waals surface area contributed by atoms with E-state index in [1.165, 1.54) is 5.56 Å². The summed E-state index contributed by atoms with van der Waals surface area (Å²) in [4.78, 5) is 24.8. The van der Waals surface area contributed by atoms with Crippen molar-refractivity contribution >= 4 is 11.9 Å². The van der Waals surface area contributed by atoms with Crippen LogP contribution in [0.3, 0.4) is 0 Å². The van der Waals surface area contributed by atoms with Gasteiger partial charge in [0.1, 0.15) is 0 Å². The average molecular weight is 290 g/mol. The second-order valence-electron chi connectivity index (χ2n) is 5.67. The maximum Gasteiger partial charge on any atom is 0.307 e. The molecule has 114 valence electrons. The number of rotatable bonds is 5. The molecule has 1 amide bonds. The van der Waals surface area contributed by atoms with Crippen molar-refractivity contribution in [3.63, 3.8) is 0 Å². The number of aliphatic carboxylic acids is 1. The van der Waals surface area contributed by atoms with E-state index < -0.39 is 5.97 Å². The fourth-order valence-corrected chi connectivity index (χ4v) is 2.57. The summed E-state index contributed by atoms with van der Waals surface area (Å²) in [5, 5.41) is 11.9. The highest BCUT2D eigenvalue weighted by atomic mass is 16.4. The van der Waals surface area contributed by atoms with Gasteiger partial charge in [-0.25, -0.2) is 0 Å². The Kier molecular flexibility index (Phi) is 5.33. The number of nitrogens with one attached hydrogen (secondary N) is 1. The van der Waals surface area contributed by atoms with Crippen molar-refractivity contribution in [2.45, 2.75) is 26.3 Å². The highest BCUT2D eigenvalue weighted by molar-refractivity contribution is 5.78. The molecule has 1 aliphatic rings. The largest absolute Gasteiger partial charge is 0.481 e. The zero-order valence-electron chi connectivity index (χ0n) is 12.3. The number of likely N-dealkylation sites (tertiary alicyclic amines) is 1. The SMILES string of the molecule is Cc1ccc(CNC(=O)CN2CCCC(C(=O)O)C2)cc1. The molecule has 0 aliphatic carbocycles. The molecule has 2 rings (SSSR count). The van der Waals surface area contributed by atoms with Crippen molar-refractivity contribution in [3.8, 4) is 0 Å². The van der Waals surface area contributed by atoms with E-state index in [-0.39, 0.29) is 18.4 Å². The first-order valence-electron chi connectivity index (χ1n) is 7.32. The molecule has 5 nitrogen and oxygen atoms in total. The summed E-state index contributed by atoms with van der Waals surface area (Å²) >= 11 is 0. The topological polar surface area (TPSA) is 69.6 Å². The standard InChI is InChI=1S/C16H22N2O3/c1-12-4-6-13(7-5-12)9-17-15(19)11-18-8-2-3-14(10-18)16(20)21/h4-7,14H,2-3,8-11H2,1H3,(H,17,19)(H,20,21). The van der Waals surface area contributed by atoms with Crippen LogP contribution in [0.4, 0.5) is 0 Å². The quantitative estimate of drug-likeness (QED) is 0.860. The lowest BCUT2D eigenvalue weighted by molar-refractivity contribution is -0.144. The van der Waals surface area contributed by atoms with E-state index in [0.717, 1.165) is 18.5 Å². The Balaban J connectivity index is 1.76. The van der Waals surface area contributed by atoms with E-state index in [9.17, 15) is 9.59 Å². The van der Waals surface area contributed by atoms with Crippen LogP contribution in [0.5, 0.6) is 0 Å². The van der Waals surface area contributed by atoms with E-state index in [0.29, 0.717) is 19.5 Å². The maximum absolute atomic E-state index is 11.9. The van der Waals surface area contributed by atoms with Crippen molar-refractivity contribution in [2.24, 2.45) is 5.92 Å². The van der Waals surface area contributed by atoms with Gasteiger partial charge in [-0.1, -0.05) is 29.8 Å². The Morgan fingerprint density at radius 2 is 2.05 bits per heavy atom. The fourth-order valence-electron chi connectivity index (χ4n) is 2.57. The third kappa shape index (κ3) is 4.86. The molecule has 0 bridgehead atoms. The first-order valence-corrected chi connectivity index (χ1v) is 7.32. The summed E-state index contributed by atoms with van der Waals surface area (Å²) in [5.74, 6) is -1.16. The van der Waals surface area contributed by atoms with Gasteiger partial charge >= 0.3 is 5.97 Å². The summed E-state index contributed by atoms with van der Waals surface area (Å²) in [6, 6.07) is 8.03. The molecule has 1 unspecified atom stereocenters. The van der Waals surface area contributed by atoms with E-state index in [4.69, 9.17) is 5.11 Å². The molecule has 0 radical (unpaired) electrons. The second kappa shape index (κ2) is 7.22. The normalized spacial score (nSPS) is 19.2. The van der Waals surface area contributed by atoms with Crippen LogP contribution >= 0.6 is 0 Å². The first kappa shape index (κ1) is 15.5. The molecule has 1 saturated heterocycles. The van der Waals surface area contributed by atoms with Crippen LogP contribution in [0.15, 0.2) is 24.3 Å². The minimum Gasteiger partial charge on any atom is -0.481 e. The predicted octanol–water partition coefficient (Wildman–Crippen LogP) is 1.41. The van der Waals surface area contributed by atoms with Crippen LogP contribution < -0.4 is 5.32 Å². The van der Waals surface area contributed by atoms with Crippen LogP contribution in [-0.2, 0) is 16.1 Å². The molecule has 2 N–H and O–H groups in total. The van der Waals surface area contributed by atoms with Gasteiger partial charge in [0.05, 0.1) is 12.5 Å². The molecule has 0 aromatic heterocycles. The smallest absolute Gasteiger partial charge is 0.307 e. The van der Waals surface area contributed by atoms with Crippen LogP contribution in [-0.4, -0.2) is 41.5 Å². The third-order valence-corrected chi connectivity index (χ3v) is 3.83. The zero-order chi connectivity index (χ0) is 15.2. The molecule has 5 heteroatoms. The van der Waals surface area contributed by atoms with Gasteiger partial charge in [0.2, 0.25) is 5.91 Å². The number of aryl methyl sites for hydroxylation is 1. The van der Waals surface area contributed by atoms with Crippen molar-refractivity contribution < 1.29 is 14.7 Å². The molecule has 0 saturated carbocycles. The van der Waals surface area contributed by atoms with Gasteiger partial charge in [-0.15, -0.1) is 0 Å². The summed E-state index contributed by atoms with van der Waals surface area (Å²) < 4.78 is 0. The van der Waals surface area contributed by atoms with Gasteiger partial charge in [-0.3, -0.25) is 14.5 Å². The number of benzene rings is 1. The predicted molar refractivity (Wildman–Crippen MR) is 79.8 cm³/mol. The van der Waals surface area contributed by atoms with Crippen LogP contribution in [0.25, 0.3) is 0 Å². The molecule has 1 fully saturated rings. The minimum absolute atomic E-state index is 0.0541. The Bertz CT molecular complexity index is 499. The lowest BCUT2D eigenvalue weighted by atomic mass is 9.98. The Hall–Kier alpha value is -1.88. The average Bonchev–Trinajstić information content (AvgIpc) is 2.47. The van der Waals surface area contributed by atoms with E-state index >= 15 is 0 Å². The number of hydrogen-bond acceptors (Lipinski definition) is 3. The summed E-state index contributed by atoms with van der Waals surface area (Å²) in [5.41, 5.74) is 2.26. The molecule has 1 atom stereocenters. The summed E-state index contributed by atoms with van der Waals surface area (Å²) in [7, 11) is 0. The number of amides is 1. The van der Waals surface area contributed by atoms with Gasteiger partial charge in [0, 0.05) is 13.1 Å². The highest BCUT2D eigenvalue weighted by Gasteiger charge is 2.26. The van der Waals surface area contributed by atoms with E-state index in [1.807, 2.05) is 36.1 Å². The third-order valence-electron chi connectivity index (χ3n) is 3.83.